The van der Waals surface area contributed by atoms with Crippen molar-refractivity contribution < 1.29 is 0 Å². The van der Waals surface area contributed by atoms with Crippen LogP contribution in [-0.2, 0) is 6.42 Å². The smallest absolute Gasteiger partial charge is 0.132 e. The fraction of sp³-hybridized carbons (Fsp3) is 0.600. The van der Waals surface area contributed by atoms with Gasteiger partial charge in [0, 0.05) is 11.8 Å². The van der Waals surface area contributed by atoms with Crippen LogP contribution in [0.1, 0.15) is 11.6 Å². The van der Waals surface area contributed by atoms with Crippen LogP contribution in [0.5, 0.6) is 0 Å². The van der Waals surface area contributed by atoms with Crippen LogP contribution >= 0.6 is 15.9 Å². The second-order valence-corrected chi connectivity index (χ2v) is 2.60. The summed E-state index contributed by atoms with van der Waals surface area (Å²) < 4.78 is 0. The van der Waals surface area contributed by atoms with E-state index in [0.29, 0.717) is 11.6 Å². The summed E-state index contributed by atoms with van der Waals surface area (Å²) in [4.78, 5) is 0. The zero-order valence-corrected chi connectivity index (χ0v) is 7.17. The van der Waals surface area contributed by atoms with Crippen molar-refractivity contribution in [3.63, 3.8) is 0 Å². The molecule has 1 heterocycles. The molecule has 0 aromatic carbocycles. The lowest BCUT2D eigenvalue weighted by Gasteiger charge is -1.91. The minimum atomic E-state index is 0.610. The Morgan fingerprint density at radius 3 is 2.30 bits per heavy atom. The second-order valence-electron chi connectivity index (χ2n) is 1.80. The third-order valence-electron chi connectivity index (χ3n) is 0.938. The Labute approximate surface area is 67.2 Å². The molecule has 1 aromatic rings. The van der Waals surface area contributed by atoms with E-state index in [1.807, 2.05) is 0 Å². The Bertz CT molecular complexity index is 197. The number of rotatable bonds is 2. The first-order valence-corrected chi connectivity index (χ1v) is 4.04. The van der Waals surface area contributed by atoms with Gasteiger partial charge in [0.1, 0.15) is 0 Å². The molecular formula is C5H7BrN4. The lowest BCUT2D eigenvalue weighted by atomic mass is 10.5. The summed E-state index contributed by atoms with van der Waals surface area (Å²) in [6.45, 7) is 1.76. The van der Waals surface area contributed by atoms with Crippen LogP contribution in [0.4, 0.5) is 0 Å². The standard InChI is InChI=1S/C5H7BrN4/c1-4-7-9-5(2-3-6)10-8-4/h2-3H2,1H3. The van der Waals surface area contributed by atoms with Crippen molar-refractivity contribution in [3.8, 4) is 0 Å². The summed E-state index contributed by atoms with van der Waals surface area (Å²) >= 11 is 3.27. The molecular weight excluding hydrogens is 196 g/mol. The van der Waals surface area contributed by atoms with Crippen LogP contribution < -0.4 is 0 Å². The first-order valence-electron chi connectivity index (χ1n) is 2.92. The Hall–Kier alpha value is -0.580. The number of nitrogens with zero attached hydrogens (tertiary/aromatic N) is 4. The van der Waals surface area contributed by atoms with Gasteiger partial charge in [0.25, 0.3) is 0 Å². The fourth-order valence-corrected chi connectivity index (χ4v) is 0.839. The van der Waals surface area contributed by atoms with E-state index in [1.54, 1.807) is 6.92 Å². The maximum atomic E-state index is 3.81. The summed E-state index contributed by atoms with van der Waals surface area (Å²) in [5.74, 6) is 1.29. The molecule has 10 heavy (non-hydrogen) atoms. The minimum absolute atomic E-state index is 0.610. The molecule has 0 spiro atoms. The quantitative estimate of drug-likeness (QED) is 0.657. The van der Waals surface area contributed by atoms with Crippen LogP contribution in [0.25, 0.3) is 0 Å². The molecule has 0 bridgehead atoms. The number of aryl methyl sites for hydroxylation is 2. The predicted octanol–water partition coefficient (Wildman–Crippen LogP) is 0.512. The van der Waals surface area contributed by atoms with E-state index < -0.39 is 0 Å². The molecule has 0 aliphatic heterocycles. The monoisotopic (exact) mass is 202 g/mol. The van der Waals surface area contributed by atoms with Crippen molar-refractivity contribution in [1.82, 2.24) is 20.4 Å². The topological polar surface area (TPSA) is 51.6 Å². The third-order valence-corrected chi connectivity index (χ3v) is 1.33. The fourth-order valence-electron chi connectivity index (χ4n) is 0.485. The highest BCUT2D eigenvalue weighted by molar-refractivity contribution is 9.09. The molecule has 1 aromatic heterocycles. The van der Waals surface area contributed by atoms with E-state index in [1.165, 1.54) is 0 Å². The Kier molecular flexibility index (Phi) is 2.68. The van der Waals surface area contributed by atoms with Crippen molar-refractivity contribution in [1.29, 1.82) is 0 Å². The predicted molar refractivity (Wildman–Crippen MR) is 39.9 cm³/mol. The van der Waals surface area contributed by atoms with Crippen molar-refractivity contribution in [2.45, 2.75) is 13.3 Å². The van der Waals surface area contributed by atoms with Crippen molar-refractivity contribution in [2.24, 2.45) is 0 Å². The summed E-state index contributed by atoms with van der Waals surface area (Å²) in [7, 11) is 0. The molecule has 0 aliphatic carbocycles. The maximum Gasteiger partial charge on any atom is 0.174 e. The SMILES string of the molecule is Cc1nnc(CCBr)nn1. The first-order chi connectivity index (χ1) is 4.83. The van der Waals surface area contributed by atoms with Gasteiger partial charge in [-0.1, -0.05) is 15.9 Å². The molecule has 0 atom stereocenters. The summed E-state index contributed by atoms with van der Waals surface area (Å²) in [5, 5.41) is 16.0. The van der Waals surface area contributed by atoms with Crippen LogP contribution in [0.3, 0.4) is 0 Å². The Balaban J connectivity index is 2.69. The van der Waals surface area contributed by atoms with E-state index in [4.69, 9.17) is 0 Å². The number of alkyl halides is 1. The average Bonchev–Trinajstić information content (AvgIpc) is 1.95. The second kappa shape index (κ2) is 3.55. The lowest BCUT2D eigenvalue weighted by Crippen LogP contribution is -2.02. The van der Waals surface area contributed by atoms with Gasteiger partial charge in [0.15, 0.2) is 11.6 Å². The van der Waals surface area contributed by atoms with Crippen LogP contribution in [0.15, 0.2) is 0 Å². The zero-order chi connectivity index (χ0) is 7.40. The largest absolute Gasteiger partial charge is 0.174 e. The van der Waals surface area contributed by atoms with E-state index >= 15 is 0 Å². The summed E-state index contributed by atoms with van der Waals surface area (Å²) in [5.41, 5.74) is 0. The molecule has 0 aliphatic rings. The van der Waals surface area contributed by atoms with E-state index in [0.717, 1.165) is 11.8 Å². The van der Waals surface area contributed by atoms with Gasteiger partial charge >= 0.3 is 0 Å². The Morgan fingerprint density at radius 1 is 1.20 bits per heavy atom. The number of halogens is 1. The van der Waals surface area contributed by atoms with Gasteiger partial charge in [-0.05, 0) is 6.92 Å². The highest BCUT2D eigenvalue weighted by Crippen LogP contribution is 1.90. The van der Waals surface area contributed by atoms with Gasteiger partial charge in [-0.2, -0.15) is 0 Å². The van der Waals surface area contributed by atoms with Gasteiger partial charge in [-0.3, -0.25) is 0 Å². The average molecular weight is 203 g/mol. The summed E-state index contributed by atoms with van der Waals surface area (Å²) in [6.07, 6.45) is 0.778. The van der Waals surface area contributed by atoms with E-state index in [9.17, 15) is 0 Å². The van der Waals surface area contributed by atoms with Crippen molar-refractivity contribution >= 4 is 15.9 Å². The molecule has 0 fully saturated rings. The molecule has 0 N–H and O–H groups in total. The van der Waals surface area contributed by atoms with Crippen LogP contribution in [0, 0.1) is 6.92 Å². The van der Waals surface area contributed by atoms with Gasteiger partial charge in [0.05, 0.1) is 0 Å². The molecule has 1 rings (SSSR count). The zero-order valence-electron chi connectivity index (χ0n) is 5.58. The molecule has 0 radical (unpaired) electrons. The van der Waals surface area contributed by atoms with Crippen molar-refractivity contribution in [3.05, 3.63) is 11.6 Å². The van der Waals surface area contributed by atoms with Crippen LogP contribution in [0.2, 0.25) is 0 Å². The number of hydrogen-bond donors (Lipinski definition) is 0. The molecule has 0 saturated carbocycles. The highest BCUT2D eigenvalue weighted by atomic mass is 79.9. The van der Waals surface area contributed by atoms with Gasteiger partial charge in [0.2, 0.25) is 0 Å². The van der Waals surface area contributed by atoms with E-state index in [2.05, 4.69) is 36.3 Å². The van der Waals surface area contributed by atoms with E-state index in [-0.39, 0.29) is 0 Å². The molecule has 0 unspecified atom stereocenters. The number of aromatic nitrogens is 4. The van der Waals surface area contributed by atoms with Crippen molar-refractivity contribution in [2.75, 3.05) is 5.33 Å². The third kappa shape index (κ3) is 1.98. The summed E-state index contributed by atoms with van der Waals surface area (Å²) in [6, 6.07) is 0. The highest BCUT2D eigenvalue weighted by Gasteiger charge is 1.94. The molecule has 5 heteroatoms. The molecule has 0 amide bonds. The normalized spacial score (nSPS) is 9.80. The first kappa shape index (κ1) is 7.53. The molecule has 54 valence electrons. The van der Waals surface area contributed by atoms with Gasteiger partial charge in [-0.15, -0.1) is 20.4 Å². The lowest BCUT2D eigenvalue weighted by molar-refractivity contribution is 0.740. The Morgan fingerprint density at radius 2 is 1.80 bits per heavy atom. The molecule has 0 saturated heterocycles. The number of hydrogen-bond acceptors (Lipinski definition) is 4. The van der Waals surface area contributed by atoms with Gasteiger partial charge < -0.3 is 0 Å². The van der Waals surface area contributed by atoms with Gasteiger partial charge in [-0.25, -0.2) is 0 Å². The van der Waals surface area contributed by atoms with Crippen LogP contribution in [-0.4, -0.2) is 25.7 Å². The molecule has 4 nitrogen and oxygen atoms in total. The minimum Gasteiger partial charge on any atom is -0.132 e. The maximum absolute atomic E-state index is 3.81.